The van der Waals surface area contributed by atoms with Crippen LogP contribution in [0.25, 0.3) is 16.4 Å². The van der Waals surface area contributed by atoms with Crippen LogP contribution < -0.4 is 9.47 Å². The molecule has 0 aliphatic carbocycles. The number of carbonyl (C=O) groups is 1. The molecule has 33 heavy (non-hydrogen) atoms. The number of benzene rings is 1. The third-order valence-electron chi connectivity index (χ3n) is 5.54. The van der Waals surface area contributed by atoms with Crippen LogP contribution in [-0.2, 0) is 19.4 Å². The van der Waals surface area contributed by atoms with Crippen LogP contribution in [0, 0.1) is 11.3 Å². The zero-order chi connectivity index (χ0) is 23.5. The number of pyridine rings is 1. The van der Waals surface area contributed by atoms with Gasteiger partial charge in [-0.25, -0.2) is 9.78 Å². The van der Waals surface area contributed by atoms with Crippen LogP contribution in [-0.4, -0.2) is 45.6 Å². The van der Waals surface area contributed by atoms with E-state index in [1.165, 1.54) is 4.90 Å². The lowest BCUT2D eigenvalue weighted by Crippen LogP contribution is -2.25. The van der Waals surface area contributed by atoms with Gasteiger partial charge in [-0.2, -0.15) is 5.26 Å². The highest BCUT2D eigenvalue weighted by Crippen LogP contribution is 2.35. The van der Waals surface area contributed by atoms with Crippen molar-refractivity contribution in [2.45, 2.75) is 33.2 Å². The molecule has 0 saturated heterocycles. The Hall–Kier alpha value is -3.99. The molecule has 170 valence electrons. The van der Waals surface area contributed by atoms with E-state index in [0.29, 0.717) is 35.6 Å². The number of para-hydroxylation sites is 1. The van der Waals surface area contributed by atoms with Crippen LogP contribution in [0.5, 0.6) is 11.5 Å². The maximum atomic E-state index is 12.2. The van der Waals surface area contributed by atoms with E-state index < -0.39 is 6.09 Å². The van der Waals surface area contributed by atoms with Crippen molar-refractivity contribution in [1.82, 2.24) is 18.9 Å². The van der Waals surface area contributed by atoms with E-state index in [2.05, 4.69) is 35.7 Å². The van der Waals surface area contributed by atoms with Gasteiger partial charge in [0.05, 0.1) is 29.6 Å². The molecule has 0 fully saturated rings. The van der Waals surface area contributed by atoms with Gasteiger partial charge in [0.15, 0.2) is 5.75 Å². The number of hydrogen-bond donors (Lipinski definition) is 0. The lowest BCUT2D eigenvalue weighted by Gasteiger charge is -2.14. The molecule has 0 bridgehead atoms. The molecular weight excluding hydrogens is 418 g/mol. The number of rotatable bonds is 7. The summed E-state index contributed by atoms with van der Waals surface area (Å²) >= 11 is 0. The number of hydrogen-bond acceptors (Lipinski definition) is 5. The fraction of sp³-hybridized carbons (Fsp3) is 0.320. The SMILES string of the molecule is CCc1nc(CCOc2cc(OC(=O)N(C)C)cn3c2c(C#N)c2ccccc23)cn1CC. The predicted octanol–water partition coefficient (Wildman–Crippen LogP) is 4.42. The number of carbonyl (C=O) groups excluding carboxylic acids is 1. The zero-order valence-electron chi connectivity index (χ0n) is 19.3. The first-order valence-electron chi connectivity index (χ1n) is 11.0. The minimum absolute atomic E-state index is 0.338. The molecule has 4 rings (SSSR count). The molecule has 0 unspecified atom stereocenters. The molecular formula is C25H27N5O3. The second-order valence-electron chi connectivity index (χ2n) is 7.91. The minimum Gasteiger partial charge on any atom is -0.491 e. The van der Waals surface area contributed by atoms with Gasteiger partial charge in [0.25, 0.3) is 0 Å². The van der Waals surface area contributed by atoms with Crippen molar-refractivity contribution in [2.24, 2.45) is 0 Å². The van der Waals surface area contributed by atoms with Gasteiger partial charge < -0.3 is 23.3 Å². The molecule has 0 spiro atoms. The quantitative estimate of drug-likeness (QED) is 0.420. The average molecular weight is 446 g/mol. The molecule has 0 saturated carbocycles. The highest BCUT2D eigenvalue weighted by molar-refractivity contribution is 5.97. The summed E-state index contributed by atoms with van der Waals surface area (Å²) in [4.78, 5) is 18.2. The second-order valence-corrected chi connectivity index (χ2v) is 7.91. The Morgan fingerprint density at radius 1 is 1.21 bits per heavy atom. The number of amides is 1. The van der Waals surface area contributed by atoms with Crippen LogP contribution in [0.4, 0.5) is 4.79 Å². The Kier molecular flexibility index (Phi) is 6.22. The molecule has 4 aromatic rings. The maximum Gasteiger partial charge on any atom is 0.414 e. The summed E-state index contributed by atoms with van der Waals surface area (Å²) in [5.74, 6) is 1.87. The summed E-state index contributed by atoms with van der Waals surface area (Å²) in [5.41, 5.74) is 2.97. The molecule has 1 aromatic carbocycles. The number of ether oxygens (including phenoxy) is 2. The van der Waals surface area contributed by atoms with Crippen LogP contribution in [0.1, 0.15) is 30.9 Å². The first kappa shape index (κ1) is 22.2. The largest absolute Gasteiger partial charge is 0.491 e. The smallest absolute Gasteiger partial charge is 0.414 e. The molecule has 0 radical (unpaired) electrons. The van der Waals surface area contributed by atoms with Crippen molar-refractivity contribution in [3.63, 3.8) is 0 Å². The van der Waals surface area contributed by atoms with Crippen molar-refractivity contribution >= 4 is 22.5 Å². The fourth-order valence-electron chi connectivity index (χ4n) is 3.93. The Morgan fingerprint density at radius 3 is 2.67 bits per heavy atom. The number of nitrogens with zero attached hydrogens (tertiary/aromatic N) is 5. The highest BCUT2D eigenvalue weighted by Gasteiger charge is 2.19. The molecule has 3 aromatic heterocycles. The van der Waals surface area contributed by atoms with Gasteiger partial charge in [-0.3, -0.25) is 0 Å². The van der Waals surface area contributed by atoms with Gasteiger partial charge in [0.1, 0.15) is 23.2 Å². The first-order valence-corrected chi connectivity index (χ1v) is 11.0. The summed E-state index contributed by atoms with van der Waals surface area (Å²) in [5, 5.41) is 10.7. The molecule has 0 N–H and O–H groups in total. The first-order chi connectivity index (χ1) is 16.0. The van der Waals surface area contributed by atoms with Gasteiger partial charge in [-0.05, 0) is 13.0 Å². The maximum absolute atomic E-state index is 12.2. The van der Waals surface area contributed by atoms with Crippen LogP contribution in [0.2, 0.25) is 0 Å². The lowest BCUT2D eigenvalue weighted by atomic mass is 10.1. The van der Waals surface area contributed by atoms with Gasteiger partial charge in [0, 0.05) is 51.1 Å². The van der Waals surface area contributed by atoms with Crippen LogP contribution in [0.3, 0.4) is 0 Å². The van der Waals surface area contributed by atoms with Crippen molar-refractivity contribution in [3.05, 3.63) is 59.8 Å². The Labute approximate surface area is 192 Å². The summed E-state index contributed by atoms with van der Waals surface area (Å²) in [6.45, 7) is 5.43. The fourth-order valence-corrected chi connectivity index (χ4v) is 3.93. The summed E-state index contributed by atoms with van der Waals surface area (Å²) < 4.78 is 15.7. The molecule has 8 nitrogen and oxygen atoms in total. The van der Waals surface area contributed by atoms with E-state index in [9.17, 15) is 10.1 Å². The zero-order valence-corrected chi connectivity index (χ0v) is 19.3. The van der Waals surface area contributed by atoms with Gasteiger partial charge >= 0.3 is 6.09 Å². The van der Waals surface area contributed by atoms with Crippen molar-refractivity contribution in [3.8, 4) is 17.6 Å². The highest BCUT2D eigenvalue weighted by atomic mass is 16.6. The van der Waals surface area contributed by atoms with Crippen LogP contribution >= 0.6 is 0 Å². The number of imidazole rings is 1. The molecule has 0 aliphatic rings. The number of aromatic nitrogens is 3. The third-order valence-corrected chi connectivity index (χ3v) is 5.54. The van der Waals surface area contributed by atoms with E-state index in [0.717, 1.165) is 35.4 Å². The Morgan fingerprint density at radius 2 is 2.00 bits per heavy atom. The van der Waals surface area contributed by atoms with Crippen molar-refractivity contribution in [2.75, 3.05) is 20.7 Å². The summed E-state index contributed by atoms with van der Waals surface area (Å²) in [6, 6.07) is 11.6. The van der Waals surface area contributed by atoms with Crippen molar-refractivity contribution < 1.29 is 14.3 Å². The van der Waals surface area contributed by atoms with E-state index in [1.807, 2.05) is 28.7 Å². The molecule has 0 aliphatic heterocycles. The predicted molar refractivity (Wildman–Crippen MR) is 126 cm³/mol. The monoisotopic (exact) mass is 445 g/mol. The van der Waals surface area contributed by atoms with E-state index >= 15 is 0 Å². The molecule has 0 atom stereocenters. The Bertz CT molecular complexity index is 1340. The summed E-state index contributed by atoms with van der Waals surface area (Å²) in [7, 11) is 3.24. The molecule has 3 heterocycles. The molecule has 1 amide bonds. The second kappa shape index (κ2) is 9.25. The van der Waals surface area contributed by atoms with Gasteiger partial charge in [-0.15, -0.1) is 0 Å². The Balaban J connectivity index is 1.72. The lowest BCUT2D eigenvalue weighted by molar-refractivity contribution is 0.171. The molecule has 8 heteroatoms. The summed E-state index contributed by atoms with van der Waals surface area (Å²) in [6.07, 6.45) is 4.77. The van der Waals surface area contributed by atoms with E-state index in [1.54, 1.807) is 26.4 Å². The van der Waals surface area contributed by atoms with Gasteiger partial charge in [0.2, 0.25) is 0 Å². The standard InChI is InChI=1S/C25H27N5O3/c1-5-23-27-17(15-29(23)6-2)11-12-32-22-13-18(33-25(31)28(3)4)16-30-21-10-8-7-9-19(21)20(14-26)24(22)30/h7-10,13,15-16H,5-6,11-12H2,1-4H3. The number of fused-ring (bicyclic) bond motifs is 3. The van der Waals surface area contributed by atoms with Crippen LogP contribution in [0.15, 0.2) is 42.7 Å². The average Bonchev–Trinajstić information content (AvgIpc) is 3.37. The van der Waals surface area contributed by atoms with E-state index in [-0.39, 0.29) is 0 Å². The normalized spacial score (nSPS) is 11.0. The van der Waals surface area contributed by atoms with E-state index in [4.69, 9.17) is 9.47 Å². The topological polar surface area (TPSA) is 84.8 Å². The minimum atomic E-state index is -0.491. The number of nitriles is 1. The van der Waals surface area contributed by atoms with Crippen molar-refractivity contribution in [1.29, 1.82) is 5.26 Å². The third kappa shape index (κ3) is 4.22. The van der Waals surface area contributed by atoms with Gasteiger partial charge in [-0.1, -0.05) is 25.1 Å². The number of aryl methyl sites for hydroxylation is 2.